The Morgan fingerprint density at radius 1 is 1.26 bits per heavy atom. The SMILES string of the molecule is COC1O[C@H](CO)[C@@H](O)[C@H](O)[C@H]1NC(=O)CNC(=O)/C=C/c1cccc(C(F)(F)F)c1. The van der Waals surface area contributed by atoms with Gasteiger partial charge in [-0.1, -0.05) is 12.1 Å². The van der Waals surface area contributed by atoms with Crippen LogP contribution < -0.4 is 10.6 Å². The van der Waals surface area contributed by atoms with E-state index >= 15 is 0 Å². The summed E-state index contributed by atoms with van der Waals surface area (Å²) in [6, 6.07) is 3.18. The van der Waals surface area contributed by atoms with Crippen LogP contribution >= 0.6 is 0 Å². The van der Waals surface area contributed by atoms with Gasteiger partial charge in [0.05, 0.1) is 18.7 Å². The highest BCUT2D eigenvalue weighted by Crippen LogP contribution is 2.29. The third-order valence-electron chi connectivity index (χ3n) is 4.51. The highest BCUT2D eigenvalue weighted by molar-refractivity contribution is 5.94. The molecule has 12 heteroatoms. The topological polar surface area (TPSA) is 137 Å². The van der Waals surface area contributed by atoms with Crippen LogP contribution in [0.25, 0.3) is 6.08 Å². The van der Waals surface area contributed by atoms with Gasteiger partial charge < -0.3 is 35.4 Å². The summed E-state index contributed by atoms with van der Waals surface area (Å²) in [7, 11) is 1.24. The van der Waals surface area contributed by atoms with Crippen molar-refractivity contribution in [3.05, 3.63) is 41.5 Å². The van der Waals surface area contributed by atoms with E-state index in [0.29, 0.717) is 0 Å². The zero-order valence-electron chi connectivity index (χ0n) is 16.4. The number of hydrogen-bond acceptors (Lipinski definition) is 7. The molecule has 0 aromatic heterocycles. The zero-order chi connectivity index (χ0) is 23.2. The van der Waals surface area contributed by atoms with E-state index in [1.165, 1.54) is 19.2 Å². The van der Waals surface area contributed by atoms with E-state index in [4.69, 9.17) is 14.6 Å². The molecule has 5 atom stereocenters. The van der Waals surface area contributed by atoms with Crippen molar-refractivity contribution >= 4 is 17.9 Å². The Morgan fingerprint density at radius 2 is 1.97 bits per heavy atom. The number of alkyl halides is 3. The molecule has 0 aliphatic carbocycles. The van der Waals surface area contributed by atoms with Crippen LogP contribution in [0.4, 0.5) is 13.2 Å². The molecule has 5 N–H and O–H groups in total. The summed E-state index contributed by atoms with van der Waals surface area (Å²) in [5, 5.41) is 33.8. The molecule has 1 aromatic rings. The summed E-state index contributed by atoms with van der Waals surface area (Å²) in [6.45, 7) is -1.10. The lowest BCUT2D eigenvalue weighted by Gasteiger charge is -2.41. The summed E-state index contributed by atoms with van der Waals surface area (Å²) in [4.78, 5) is 23.9. The summed E-state index contributed by atoms with van der Waals surface area (Å²) in [6.07, 6.45) is -7.63. The van der Waals surface area contributed by atoms with Gasteiger partial charge in [0.25, 0.3) is 0 Å². The van der Waals surface area contributed by atoms with Crippen molar-refractivity contribution in [1.29, 1.82) is 0 Å². The average Bonchev–Trinajstić information content (AvgIpc) is 2.74. The smallest absolute Gasteiger partial charge is 0.394 e. The molecular formula is C19H23F3N2O7. The van der Waals surface area contributed by atoms with Gasteiger partial charge in [-0.25, -0.2) is 0 Å². The third-order valence-corrected chi connectivity index (χ3v) is 4.51. The molecule has 0 spiro atoms. The summed E-state index contributed by atoms with van der Waals surface area (Å²) >= 11 is 0. The van der Waals surface area contributed by atoms with Gasteiger partial charge in [0.1, 0.15) is 24.4 Å². The number of aliphatic hydroxyl groups excluding tert-OH is 3. The first-order valence-electron chi connectivity index (χ1n) is 9.14. The van der Waals surface area contributed by atoms with Crippen molar-refractivity contribution in [2.24, 2.45) is 0 Å². The van der Waals surface area contributed by atoms with Crippen molar-refractivity contribution in [3.63, 3.8) is 0 Å². The standard InChI is InChI=1S/C19H23F3N2O7/c1-30-18-15(17(29)16(28)12(9-25)31-18)24-14(27)8-23-13(26)6-5-10-3-2-4-11(7-10)19(20,21)22/h2-7,12,15-18,25,28-29H,8-9H2,1H3,(H,23,26)(H,24,27)/b6-5+/t12-,15-,16-,17-,18?/m1/s1. The summed E-state index contributed by atoms with van der Waals surface area (Å²) in [5.41, 5.74) is -0.715. The molecule has 1 aliphatic heterocycles. The molecule has 2 amide bonds. The lowest BCUT2D eigenvalue weighted by atomic mass is 9.97. The molecule has 1 saturated heterocycles. The first-order chi connectivity index (χ1) is 14.6. The van der Waals surface area contributed by atoms with E-state index in [2.05, 4.69) is 10.6 Å². The van der Waals surface area contributed by atoms with Gasteiger partial charge in [0, 0.05) is 13.2 Å². The minimum Gasteiger partial charge on any atom is -0.394 e. The van der Waals surface area contributed by atoms with Gasteiger partial charge in [-0.3, -0.25) is 9.59 Å². The molecular weight excluding hydrogens is 425 g/mol. The fourth-order valence-electron chi connectivity index (χ4n) is 2.89. The molecule has 1 unspecified atom stereocenters. The van der Waals surface area contributed by atoms with Crippen molar-refractivity contribution in [2.45, 2.75) is 36.8 Å². The van der Waals surface area contributed by atoms with Crippen LogP contribution in [0.3, 0.4) is 0 Å². The van der Waals surface area contributed by atoms with Crippen LogP contribution in [0.5, 0.6) is 0 Å². The first kappa shape index (κ1) is 24.8. The van der Waals surface area contributed by atoms with Gasteiger partial charge in [-0.05, 0) is 23.8 Å². The van der Waals surface area contributed by atoms with E-state index in [1.54, 1.807) is 0 Å². The normalized spacial score (nSPS) is 26.6. The van der Waals surface area contributed by atoms with Gasteiger partial charge >= 0.3 is 6.18 Å². The maximum absolute atomic E-state index is 12.7. The number of aliphatic hydroxyl groups is 3. The Kier molecular flexibility index (Phi) is 8.53. The van der Waals surface area contributed by atoms with E-state index in [0.717, 1.165) is 24.3 Å². The number of amides is 2. The molecule has 172 valence electrons. The first-order valence-corrected chi connectivity index (χ1v) is 9.14. The molecule has 31 heavy (non-hydrogen) atoms. The second-order valence-corrected chi connectivity index (χ2v) is 6.71. The van der Waals surface area contributed by atoms with E-state index in [-0.39, 0.29) is 5.56 Å². The molecule has 1 aliphatic rings. The Labute approximate surface area is 175 Å². The minimum atomic E-state index is -4.51. The molecule has 0 saturated carbocycles. The fraction of sp³-hybridized carbons (Fsp3) is 0.474. The molecule has 2 rings (SSSR count). The van der Waals surface area contributed by atoms with Gasteiger partial charge in [-0.2, -0.15) is 13.2 Å². The number of halogens is 3. The van der Waals surface area contributed by atoms with E-state index in [1.807, 2.05) is 0 Å². The van der Waals surface area contributed by atoms with Crippen LogP contribution in [-0.2, 0) is 25.2 Å². The monoisotopic (exact) mass is 448 g/mol. The minimum absolute atomic E-state index is 0.146. The number of nitrogens with one attached hydrogen (secondary N) is 2. The molecule has 1 aromatic carbocycles. The Morgan fingerprint density at radius 3 is 2.58 bits per heavy atom. The number of carbonyl (C=O) groups is 2. The molecule has 9 nitrogen and oxygen atoms in total. The lowest BCUT2D eigenvalue weighted by Crippen LogP contribution is -2.65. The van der Waals surface area contributed by atoms with Gasteiger partial charge in [0.2, 0.25) is 11.8 Å². The Hall–Kier alpha value is -2.51. The highest BCUT2D eigenvalue weighted by Gasteiger charge is 2.45. The number of methoxy groups -OCH3 is 1. The maximum atomic E-state index is 12.7. The van der Waals surface area contributed by atoms with Gasteiger partial charge in [0.15, 0.2) is 6.29 Å². The lowest BCUT2D eigenvalue weighted by molar-refractivity contribution is -0.262. The number of rotatable bonds is 7. The van der Waals surface area contributed by atoms with Crippen molar-refractivity contribution in [1.82, 2.24) is 10.6 Å². The predicted molar refractivity (Wildman–Crippen MR) is 100 cm³/mol. The quantitative estimate of drug-likeness (QED) is 0.352. The van der Waals surface area contributed by atoms with Crippen molar-refractivity contribution in [3.8, 4) is 0 Å². The average molecular weight is 448 g/mol. The Bertz CT molecular complexity index is 801. The van der Waals surface area contributed by atoms with Crippen LogP contribution in [0, 0.1) is 0 Å². The molecule has 1 fully saturated rings. The number of benzene rings is 1. The highest BCUT2D eigenvalue weighted by atomic mass is 19.4. The van der Waals surface area contributed by atoms with E-state index in [9.17, 15) is 33.0 Å². The predicted octanol–water partition coefficient (Wildman–Crippen LogP) is -0.595. The van der Waals surface area contributed by atoms with E-state index < -0.39 is 67.3 Å². The summed E-state index contributed by atoms with van der Waals surface area (Å²) in [5.74, 6) is -1.48. The molecule has 0 bridgehead atoms. The van der Waals surface area contributed by atoms with Crippen LogP contribution in [0.1, 0.15) is 11.1 Å². The second-order valence-electron chi connectivity index (χ2n) is 6.71. The molecule has 1 heterocycles. The maximum Gasteiger partial charge on any atom is 0.416 e. The fourth-order valence-corrected chi connectivity index (χ4v) is 2.89. The van der Waals surface area contributed by atoms with Crippen LogP contribution in [0.15, 0.2) is 30.3 Å². The number of hydrogen-bond donors (Lipinski definition) is 5. The zero-order valence-corrected chi connectivity index (χ0v) is 16.4. The molecule has 0 radical (unpaired) electrons. The second kappa shape index (κ2) is 10.7. The van der Waals surface area contributed by atoms with Crippen molar-refractivity contribution in [2.75, 3.05) is 20.3 Å². The van der Waals surface area contributed by atoms with Gasteiger partial charge in [-0.15, -0.1) is 0 Å². The third kappa shape index (κ3) is 6.74. The number of carbonyl (C=O) groups excluding carboxylic acids is 2. The summed E-state index contributed by atoms with van der Waals surface area (Å²) < 4.78 is 48.4. The number of ether oxygens (including phenoxy) is 2. The van der Waals surface area contributed by atoms with Crippen LogP contribution in [-0.4, -0.2) is 78.0 Å². The Balaban J connectivity index is 1.89. The van der Waals surface area contributed by atoms with Crippen LogP contribution in [0.2, 0.25) is 0 Å². The van der Waals surface area contributed by atoms with Crippen molar-refractivity contribution < 1.29 is 47.6 Å². The largest absolute Gasteiger partial charge is 0.416 e.